The molecule has 0 fully saturated rings. The number of rotatable bonds is 0. The predicted octanol–water partition coefficient (Wildman–Crippen LogP) is 1.54. The van der Waals surface area contributed by atoms with Crippen LogP contribution in [0.15, 0.2) is 24.3 Å². The van der Waals surface area contributed by atoms with Gasteiger partial charge >= 0.3 is 0 Å². The van der Waals surface area contributed by atoms with E-state index in [1.54, 1.807) is 0 Å². The van der Waals surface area contributed by atoms with E-state index < -0.39 is 0 Å². The van der Waals surface area contributed by atoms with Crippen molar-refractivity contribution in [3.05, 3.63) is 35.4 Å². The fourth-order valence-corrected chi connectivity index (χ4v) is 0.663. The van der Waals surface area contributed by atoms with Gasteiger partial charge in [0.05, 0.1) is 0 Å². The van der Waals surface area contributed by atoms with Crippen molar-refractivity contribution in [2.75, 3.05) is 0 Å². The molecule has 2 heteroatoms. The summed E-state index contributed by atoms with van der Waals surface area (Å²) in [6, 6.07) is 8.36. The van der Waals surface area contributed by atoms with Gasteiger partial charge in [0.15, 0.2) is 0 Å². The van der Waals surface area contributed by atoms with Crippen molar-refractivity contribution in [2.24, 2.45) is 0 Å². The minimum Gasteiger partial charge on any atom is -0.0620 e. The van der Waals surface area contributed by atoms with Gasteiger partial charge in [-0.05, 0) is 25.0 Å². The zero-order chi connectivity index (χ0) is 5.98. The van der Waals surface area contributed by atoms with Gasteiger partial charge < -0.3 is 0 Å². The van der Waals surface area contributed by atoms with E-state index in [1.165, 1.54) is 11.1 Å². The van der Waals surface area contributed by atoms with Gasteiger partial charge in [-0.1, -0.05) is 24.3 Å². The standard InChI is InChI=1S/C8H10.2K/c1-7-5-3-4-6-8(7)2;;/h3-6H,1-2H3;;. The quantitative estimate of drug-likeness (QED) is 0.537. The van der Waals surface area contributed by atoms with E-state index in [0.717, 1.165) is 0 Å². The summed E-state index contributed by atoms with van der Waals surface area (Å²) in [4.78, 5) is 0. The van der Waals surface area contributed by atoms with E-state index >= 15 is 0 Å². The number of hydrogen-bond acceptors (Lipinski definition) is 0. The SMILES string of the molecule is Cc1ccccc1C.[K].[K]. The van der Waals surface area contributed by atoms with Crippen molar-refractivity contribution in [1.29, 1.82) is 0 Å². The van der Waals surface area contributed by atoms with Gasteiger partial charge in [0, 0.05) is 103 Å². The van der Waals surface area contributed by atoms with Gasteiger partial charge in [-0.3, -0.25) is 0 Å². The normalized spacial score (nSPS) is 7.40. The van der Waals surface area contributed by atoms with Crippen LogP contribution in [0.2, 0.25) is 0 Å². The molecular formula is C8H10K2. The van der Waals surface area contributed by atoms with Crippen LogP contribution in [0.25, 0.3) is 0 Å². The number of hydrogen-bond donors (Lipinski definition) is 0. The predicted molar refractivity (Wildman–Crippen MR) is 47.4 cm³/mol. The Kier molecular flexibility index (Phi) is 12.2. The van der Waals surface area contributed by atoms with Crippen LogP contribution in [0.4, 0.5) is 0 Å². The van der Waals surface area contributed by atoms with E-state index in [4.69, 9.17) is 0 Å². The summed E-state index contributed by atoms with van der Waals surface area (Å²) in [7, 11) is 0. The molecule has 0 spiro atoms. The van der Waals surface area contributed by atoms with Gasteiger partial charge in [-0.15, -0.1) is 0 Å². The molecule has 0 heterocycles. The maximum absolute atomic E-state index is 2.12. The Balaban J connectivity index is 0. The van der Waals surface area contributed by atoms with Gasteiger partial charge in [-0.2, -0.15) is 0 Å². The first-order valence-electron chi connectivity index (χ1n) is 2.83. The zero-order valence-corrected chi connectivity index (χ0v) is 13.6. The van der Waals surface area contributed by atoms with Crippen LogP contribution in [0.1, 0.15) is 11.1 Å². The van der Waals surface area contributed by atoms with Crippen LogP contribution in [-0.2, 0) is 0 Å². The summed E-state index contributed by atoms with van der Waals surface area (Å²) in [5.74, 6) is 0. The van der Waals surface area contributed by atoms with E-state index in [1.807, 2.05) is 0 Å². The molecule has 0 aromatic heterocycles. The Morgan fingerprint density at radius 2 is 1.10 bits per heavy atom. The molecular weight excluding hydrogens is 174 g/mol. The summed E-state index contributed by atoms with van der Waals surface area (Å²) in [6.07, 6.45) is 0. The van der Waals surface area contributed by atoms with Crippen molar-refractivity contribution in [1.82, 2.24) is 0 Å². The molecule has 0 aliphatic heterocycles. The first-order chi connectivity index (χ1) is 3.80. The summed E-state index contributed by atoms with van der Waals surface area (Å²) in [5.41, 5.74) is 2.74. The molecule has 0 atom stereocenters. The Labute approximate surface area is 148 Å². The molecule has 0 amide bonds. The van der Waals surface area contributed by atoms with E-state index in [0.29, 0.717) is 0 Å². The molecule has 0 unspecified atom stereocenters. The third-order valence-corrected chi connectivity index (χ3v) is 1.43. The monoisotopic (exact) mass is 184 g/mol. The number of benzene rings is 1. The van der Waals surface area contributed by atoms with Crippen LogP contribution in [0, 0.1) is 13.8 Å². The Bertz CT molecular complexity index is 163. The third-order valence-electron chi connectivity index (χ3n) is 1.43. The van der Waals surface area contributed by atoms with Crippen molar-refractivity contribution < 1.29 is 0 Å². The van der Waals surface area contributed by atoms with Gasteiger partial charge in [0.1, 0.15) is 0 Å². The van der Waals surface area contributed by atoms with Gasteiger partial charge in [0.2, 0.25) is 0 Å². The summed E-state index contributed by atoms with van der Waals surface area (Å²) >= 11 is 0. The van der Waals surface area contributed by atoms with Gasteiger partial charge in [0.25, 0.3) is 0 Å². The third kappa shape index (κ3) is 5.19. The van der Waals surface area contributed by atoms with Crippen molar-refractivity contribution in [3.8, 4) is 0 Å². The second-order valence-electron chi connectivity index (χ2n) is 2.08. The topological polar surface area (TPSA) is 0 Å². The first kappa shape index (κ1) is 15.0. The fraction of sp³-hybridized carbons (Fsp3) is 0.250. The van der Waals surface area contributed by atoms with E-state index in [-0.39, 0.29) is 103 Å². The molecule has 1 rings (SSSR count). The molecule has 0 bridgehead atoms. The summed E-state index contributed by atoms with van der Waals surface area (Å²) in [6.45, 7) is 4.24. The van der Waals surface area contributed by atoms with Gasteiger partial charge in [-0.25, -0.2) is 0 Å². The summed E-state index contributed by atoms with van der Waals surface area (Å²) in [5, 5.41) is 0. The molecule has 2 radical (unpaired) electrons. The molecule has 44 valence electrons. The van der Waals surface area contributed by atoms with E-state index in [2.05, 4.69) is 38.1 Å². The van der Waals surface area contributed by atoms with Crippen LogP contribution in [0.5, 0.6) is 0 Å². The Morgan fingerprint density at radius 1 is 0.800 bits per heavy atom. The van der Waals surface area contributed by atoms with Crippen molar-refractivity contribution in [3.63, 3.8) is 0 Å². The zero-order valence-electron chi connectivity index (χ0n) is 7.31. The minimum absolute atomic E-state index is 0. The molecule has 0 N–H and O–H groups in total. The maximum Gasteiger partial charge on any atom is 0 e. The van der Waals surface area contributed by atoms with E-state index in [9.17, 15) is 0 Å². The molecule has 0 saturated carbocycles. The molecule has 0 aliphatic rings. The van der Waals surface area contributed by atoms with Crippen molar-refractivity contribution >= 4 is 103 Å². The molecule has 0 aliphatic carbocycles. The fourth-order valence-electron chi connectivity index (χ4n) is 0.663. The molecule has 10 heavy (non-hydrogen) atoms. The molecule has 1 aromatic carbocycles. The average molecular weight is 184 g/mol. The minimum atomic E-state index is 0. The first-order valence-corrected chi connectivity index (χ1v) is 2.83. The largest absolute Gasteiger partial charge is 0.0620 e. The summed E-state index contributed by atoms with van der Waals surface area (Å²) < 4.78 is 0. The molecule has 0 nitrogen and oxygen atoms in total. The molecule has 0 saturated heterocycles. The average Bonchev–Trinajstić information content (AvgIpc) is 1.77. The van der Waals surface area contributed by atoms with Crippen LogP contribution in [0.3, 0.4) is 0 Å². The second kappa shape index (κ2) is 8.11. The molecule has 1 aromatic rings. The maximum atomic E-state index is 2.12. The number of aryl methyl sites for hydroxylation is 2. The van der Waals surface area contributed by atoms with Crippen LogP contribution < -0.4 is 0 Å². The van der Waals surface area contributed by atoms with Crippen LogP contribution in [-0.4, -0.2) is 103 Å². The smallest absolute Gasteiger partial charge is 0 e. The second-order valence-corrected chi connectivity index (χ2v) is 2.08. The van der Waals surface area contributed by atoms with Crippen molar-refractivity contribution in [2.45, 2.75) is 13.8 Å². The Morgan fingerprint density at radius 3 is 1.30 bits per heavy atom. The Hall–Kier alpha value is 2.49. The van der Waals surface area contributed by atoms with Crippen LogP contribution >= 0.6 is 0 Å².